The first-order valence-electron chi connectivity index (χ1n) is 6.63. The minimum atomic E-state index is 1.05. The molecule has 0 aliphatic carbocycles. The topological polar surface area (TPSA) is 24.9 Å². The summed E-state index contributed by atoms with van der Waals surface area (Å²) in [6, 6.07) is 10.4. The molecule has 1 aromatic heterocycles. The van der Waals surface area contributed by atoms with E-state index in [9.17, 15) is 0 Å². The smallest absolute Gasteiger partial charge is 0.0707 e. The van der Waals surface area contributed by atoms with E-state index in [2.05, 4.69) is 53.6 Å². The van der Waals surface area contributed by atoms with Gasteiger partial charge in [0.15, 0.2) is 0 Å². The van der Waals surface area contributed by atoms with Gasteiger partial charge in [-0.2, -0.15) is 0 Å². The number of pyridine rings is 1. The third-order valence-electron chi connectivity index (χ3n) is 2.89. The number of aromatic nitrogens is 1. The molecule has 1 heterocycles. The van der Waals surface area contributed by atoms with Gasteiger partial charge < -0.3 is 5.32 Å². The van der Waals surface area contributed by atoms with Crippen molar-refractivity contribution in [1.29, 1.82) is 0 Å². The Hall–Kier alpha value is -1.67. The van der Waals surface area contributed by atoms with Crippen molar-refractivity contribution in [1.82, 2.24) is 10.3 Å². The van der Waals surface area contributed by atoms with Gasteiger partial charge in [0, 0.05) is 11.6 Å². The van der Waals surface area contributed by atoms with E-state index in [1.54, 1.807) is 0 Å². The van der Waals surface area contributed by atoms with Crippen LogP contribution in [-0.4, -0.2) is 18.1 Å². The molecule has 0 atom stereocenters. The van der Waals surface area contributed by atoms with Gasteiger partial charge in [0.05, 0.1) is 5.52 Å². The van der Waals surface area contributed by atoms with Crippen LogP contribution in [-0.2, 0) is 0 Å². The maximum atomic E-state index is 4.36. The quantitative estimate of drug-likeness (QED) is 0.780. The molecule has 2 aromatic rings. The van der Waals surface area contributed by atoms with E-state index in [1.807, 2.05) is 12.3 Å². The number of rotatable bonds is 6. The first-order valence-corrected chi connectivity index (χ1v) is 6.63. The van der Waals surface area contributed by atoms with Crippen LogP contribution in [0.25, 0.3) is 17.0 Å². The molecule has 0 saturated heterocycles. The molecule has 0 bridgehead atoms. The summed E-state index contributed by atoms with van der Waals surface area (Å²) in [6.45, 7) is 4.34. The third-order valence-corrected chi connectivity index (χ3v) is 2.89. The molecule has 0 saturated carbocycles. The molecule has 2 heteroatoms. The van der Waals surface area contributed by atoms with E-state index >= 15 is 0 Å². The van der Waals surface area contributed by atoms with E-state index in [1.165, 1.54) is 17.4 Å². The maximum Gasteiger partial charge on any atom is 0.0707 e. The van der Waals surface area contributed by atoms with Crippen molar-refractivity contribution in [2.45, 2.75) is 19.8 Å². The highest BCUT2D eigenvalue weighted by atomic mass is 14.8. The van der Waals surface area contributed by atoms with Crippen molar-refractivity contribution < 1.29 is 0 Å². The number of hydrogen-bond acceptors (Lipinski definition) is 2. The molecule has 0 unspecified atom stereocenters. The average molecular weight is 240 g/mol. The Kier molecular flexibility index (Phi) is 4.91. The zero-order valence-corrected chi connectivity index (χ0v) is 10.9. The number of nitrogens with one attached hydrogen (secondary N) is 1. The van der Waals surface area contributed by atoms with Gasteiger partial charge in [0.25, 0.3) is 0 Å². The Bertz CT molecular complexity index is 512. The minimum absolute atomic E-state index is 1.05. The standard InChI is InChI=1S/C16H20N2/c1-2-11-17-12-4-3-7-14-8-5-10-16-15(14)9-6-13-18-16/h3,5-10,13,17H,2,4,11-12H2,1H3/b7-3+. The molecular formula is C16H20N2. The van der Waals surface area contributed by atoms with Gasteiger partial charge in [-0.1, -0.05) is 37.3 Å². The monoisotopic (exact) mass is 240 g/mol. The largest absolute Gasteiger partial charge is 0.316 e. The second-order valence-corrected chi connectivity index (χ2v) is 4.36. The van der Waals surface area contributed by atoms with Crippen LogP contribution in [0.4, 0.5) is 0 Å². The predicted molar refractivity (Wildman–Crippen MR) is 78.6 cm³/mol. The van der Waals surface area contributed by atoms with Gasteiger partial charge >= 0.3 is 0 Å². The Labute approximate surface area is 109 Å². The Morgan fingerprint density at radius 1 is 1.17 bits per heavy atom. The van der Waals surface area contributed by atoms with Crippen molar-refractivity contribution in [2.75, 3.05) is 13.1 Å². The highest BCUT2D eigenvalue weighted by molar-refractivity contribution is 5.87. The van der Waals surface area contributed by atoms with Crippen LogP contribution in [0, 0.1) is 0 Å². The molecule has 0 aliphatic rings. The van der Waals surface area contributed by atoms with E-state index < -0.39 is 0 Å². The first-order chi connectivity index (χ1) is 8.92. The fourth-order valence-corrected chi connectivity index (χ4v) is 1.97. The van der Waals surface area contributed by atoms with Gasteiger partial charge in [-0.05, 0) is 43.6 Å². The van der Waals surface area contributed by atoms with Crippen molar-refractivity contribution in [3.63, 3.8) is 0 Å². The summed E-state index contributed by atoms with van der Waals surface area (Å²) in [5, 5.41) is 4.62. The molecule has 0 radical (unpaired) electrons. The van der Waals surface area contributed by atoms with Crippen LogP contribution in [0.5, 0.6) is 0 Å². The van der Waals surface area contributed by atoms with E-state index in [0.29, 0.717) is 0 Å². The minimum Gasteiger partial charge on any atom is -0.316 e. The van der Waals surface area contributed by atoms with Gasteiger partial charge in [-0.15, -0.1) is 0 Å². The molecule has 0 amide bonds. The summed E-state index contributed by atoms with van der Waals surface area (Å²) in [4.78, 5) is 4.36. The number of fused-ring (bicyclic) bond motifs is 1. The lowest BCUT2D eigenvalue weighted by Crippen LogP contribution is -2.14. The molecule has 94 valence electrons. The van der Waals surface area contributed by atoms with Crippen LogP contribution in [0.15, 0.2) is 42.6 Å². The Balaban J connectivity index is 2.01. The predicted octanol–water partition coefficient (Wildman–Crippen LogP) is 3.64. The van der Waals surface area contributed by atoms with Crippen molar-refractivity contribution in [2.24, 2.45) is 0 Å². The van der Waals surface area contributed by atoms with Crippen LogP contribution in [0.2, 0.25) is 0 Å². The summed E-state index contributed by atoms with van der Waals surface area (Å²) in [5.74, 6) is 0. The molecule has 0 spiro atoms. The van der Waals surface area contributed by atoms with Crippen LogP contribution in [0.1, 0.15) is 25.3 Å². The zero-order valence-electron chi connectivity index (χ0n) is 10.9. The fraction of sp³-hybridized carbons (Fsp3) is 0.312. The van der Waals surface area contributed by atoms with Crippen LogP contribution < -0.4 is 5.32 Å². The van der Waals surface area contributed by atoms with Crippen LogP contribution >= 0.6 is 0 Å². The Morgan fingerprint density at radius 2 is 2.11 bits per heavy atom. The maximum absolute atomic E-state index is 4.36. The fourth-order valence-electron chi connectivity index (χ4n) is 1.97. The van der Waals surface area contributed by atoms with E-state index in [0.717, 1.165) is 25.0 Å². The molecule has 1 aromatic carbocycles. The highest BCUT2D eigenvalue weighted by Crippen LogP contribution is 2.17. The summed E-state index contributed by atoms with van der Waals surface area (Å²) >= 11 is 0. The second-order valence-electron chi connectivity index (χ2n) is 4.36. The lowest BCUT2D eigenvalue weighted by Gasteiger charge is -2.01. The van der Waals surface area contributed by atoms with E-state index in [4.69, 9.17) is 0 Å². The van der Waals surface area contributed by atoms with Crippen molar-refractivity contribution in [3.8, 4) is 0 Å². The number of nitrogens with zero attached hydrogens (tertiary/aromatic N) is 1. The molecule has 18 heavy (non-hydrogen) atoms. The summed E-state index contributed by atoms with van der Waals surface area (Å²) in [6.07, 6.45) is 8.52. The number of hydrogen-bond donors (Lipinski definition) is 1. The molecule has 1 N–H and O–H groups in total. The molecule has 2 nitrogen and oxygen atoms in total. The van der Waals surface area contributed by atoms with Gasteiger partial charge in [0.1, 0.15) is 0 Å². The zero-order chi connectivity index (χ0) is 12.6. The summed E-state index contributed by atoms with van der Waals surface area (Å²) < 4.78 is 0. The SMILES string of the molecule is CCCNCC/C=C/c1cccc2ncccc12. The molecular weight excluding hydrogens is 220 g/mol. The first kappa shape index (κ1) is 12.8. The average Bonchev–Trinajstić information content (AvgIpc) is 2.43. The molecule has 0 fully saturated rings. The van der Waals surface area contributed by atoms with E-state index in [-0.39, 0.29) is 0 Å². The molecule has 0 aliphatic heterocycles. The second kappa shape index (κ2) is 6.92. The molecule has 2 rings (SSSR count). The normalized spacial score (nSPS) is 11.4. The van der Waals surface area contributed by atoms with Crippen molar-refractivity contribution >= 4 is 17.0 Å². The lowest BCUT2D eigenvalue weighted by molar-refractivity contribution is 0.679. The van der Waals surface area contributed by atoms with Crippen molar-refractivity contribution in [3.05, 3.63) is 48.2 Å². The van der Waals surface area contributed by atoms with Crippen LogP contribution in [0.3, 0.4) is 0 Å². The van der Waals surface area contributed by atoms with Gasteiger partial charge in [0.2, 0.25) is 0 Å². The van der Waals surface area contributed by atoms with Gasteiger partial charge in [-0.3, -0.25) is 4.98 Å². The highest BCUT2D eigenvalue weighted by Gasteiger charge is 1.96. The summed E-state index contributed by atoms with van der Waals surface area (Å²) in [5.41, 5.74) is 2.31. The lowest BCUT2D eigenvalue weighted by atomic mass is 10.1. The Morgan fingerprint density at radius 3 is 3.00 bits per heavy atom. The van der Waals surface area contributed by atoms with Gasteiger partial charge in [-0.25, -0.2) is 0 Å². The third kappa shape index (κ3) is 3.41. The number of benzene rings is 1. The summed E-state index contributed by atoms with van der Waals surface area (Å²) in [7, 11) is 0.